The maximum Gasteiger partial charge on any atom is 0.453 e. The predicted octanol–water partition coefficient (Wildman–Crippen LogP) is 2.47. The number of allylic oxidation sites excluding steroid dienone is 1. The molecule has 2 nitrogen and oxygen atoms in total. The standard InChI is InChI=1S/C9H17O2Si/c1-10-12(2)11-8-7-9-5-3-4-6-9/h7-9H,3-6H2,1-2H3. The first-order chi connectivity index (χ1) is 5.83. The summed E-state index contributed by atoms with van der Waals surface area (Å²) in [6, 6.07) is 0. The van der Waals surface area contributed by atoms with Crippen molar-refractivity contribution in [3.63, 3.8) is 0 Å². The highest BCUT2D eigenvalue weighted by atomic mass is 28.3. The molecule has 0 spiro atoms. The van der Waals surface area contributed by atoms with Crippen LogP contribution >= 0.6 is 0 Å². The zero-order valence-electron chi connectivity index (χ0n) is 7.88. The van der Waals surface area contributed by atoms with Gasteiger partial charge in [0.1, 0.15) is 0 Å². The average Bonchev–Trinajstić information content (AvgIpc) is 2.57. The minimum Gasteiger partial charge on any atom is -0.526 e. The van der Waals surface area contributed by atoms with Crippen molar-refractivity contribution in [3.05, 3.63) is 12.3 Å². The molecular formula is C9H17O2Si. The van der Waals surface area contributed by atoms with Gasteiger partial charge in [0.05, 0.1) is 6.26 Å². The summed E-state index contributed by atoms with van der Waals surface area (Å²) in [6.45, 7) is 1.99. The highest BCUT2D eigenvalue weighted by Gasteiger charge is 2.11. The van der Waals surface area contributed by atoms with Crippen LogP contribution in [-0.4, -0.2) is 16.4 Å². The van der Waals surface area contributed by atoms with Crippen molar-refractivity contribution in [1.82, 2.24) is 0 Å². The summed E-state index contributed by atoms with van der Waals surface area (Å²) in [4.78, 5) is 0. The molecule has 1 radical (unpaired) electrons. The molecule has 1 rings (SSSR count). The van der Waals surface area contributed by atoms with Gasteiger partial charge in [-0.15, -0.1) is 0 Å². The quantitative estimate of drug-likeness (QED) is 0.495. The molecule has 0 saturated heterocycles. The molecule has 0 atom stereocenters. The summed E-state index contributed by atoms with van der Waals surface area (Å²) < 4.78 is 10.4. The van der Waals surface area contributed by atoms with E-state index in [9.17, 15) is 0 Å². The fraction of sp³-hybridized carbons (Fsp3) is 0.778. The zero-order valence-corrected chi connectivity index (χ0v) is 8.88. The Hall–Kier alpha value is -0.283. The highest BCUT2D eigenvalue weighted by molar-refractivity contribution is 6.42. The summed E-state index contributed by atoms with van der Waals surface area (Å²) in [5.41, 5.74) is 0. The third-order valence-electron chi connectivity index (χ3n) is 2.27. The van der Waals surface area contributed by atoms with Crippen LogP contribution in [0.5, 0.6) is 0 Å². The first kappa shape index (κ1) is 9.80. The molecule has 0 aromatic rings. The third-order valence-corrected chi connectivity index (χ3v) is 3.31. The van der Waals surface area contributed by atoms with Crippen LogP contribution in [0.3, 0.4) is 0 Å². The minimum atomic E-state index is -1.01. The molecule has 3 heteroatoms. The Bertz CT molecular complexity index is 141. The Morgan fingerprint density at radius 1 is 1.33 bits per heavy atom. The second-order valence-electron chi connectivity index (χ2n) is 3.19. The molecule has 0 aromatic carbocycles. The predicted molar refractivity (Wildman–Crippen MR) is 50.8 cm³/mol. The fourth-order valence-corrected chi connectivity index (χ4v) is 1.81. The first-order valence-corrected chi connectivity index (χ1v) is 6.35. The van der Waals surface area contributed by atoms with E-state index in [1.807, 2.05) is 12.8 Å². The molecule has 0 N–H and O–H groups in total. The normalized spacial score (nSPS) is 19.6. The molecule has 0 heterocycles. The van der Waals surface area contributed by atoms with Gasteiger partial charge in [-0.05, 0) is 31.4 Å². The van der Waals surface area contributed by atoms with E-state index in [1.54, 1.807) is 7.11 Å². The lowest BCUT2D eigenvalue weighted by Gasteiger charge is -2.05. The summed E-state index contributed by atoms with van der Waals surface area (Å²) >= 11 is 0. The van der Waals surface area contributed by atoms with Crippen LogP contribution in [0.4, 0.5) is 0 Å². The molecule has 1 fully saturated rings. The maximum atomic E-state index is 5.35. The van der Waals surface area contributed by atoms with Crippen LogP contribution < -0.4 is 0 Å². The Balaban J connectivity index is 2.11. The molecule has 0 aromatic heterocycles. The summed E-state index contributed by atoms with van der Waals surface area (Å²) in [5, 5.41) is 0. The molecule has 1 aliphatic rings. The van der Waals surface area contributed by atoms with Crippen LogP contribution in [0.25, 0.3) is 0 Å². The summed E-state index contributed by atoms with van der Waals surface area (Å²) in [7, 11) is 0.685. The second kappa shape index (κ2) is 5.38. The van der Waals surface area contributed by atoms with Crippen molar-refractivity contribution in [2.75, 3.05) is 7.11 Å². The summed E-state index contributed by atoms with van der Waals surface area (Å²) in [5.74, 6) is 0.761. The van der Waals surface area contributed by atoms with Gasteiger partial charge in [-0.3, -0.25) is 0 Å². The second-order valence-corrected chi connectivity index (χ2v) is 4.81. The molecule has 12 heavy (non-hydrogen) atoms. The molecule has 69 valence electrons. The van der Waals surface area contributed by atoms with E-state index in [0.29, 0.717) is 0 Å². The van der Waals surface area contributed by atoms with Crippen molar-refractivity contribution in [3.8, 4) is 0 Å². The van der Waals surface area contributed by atoms with Crippen LogP contribution in [0.1, 0.15) is 25.7 Å². The lowest BCUT2D eigenvalue weighted by atomic mass is 10.1. The van der Waals surface area contributed by atoms with Gasteiger partial charge in [0.2, 0.25) is 0 Å². The van der Waals surface area contributed by atoms with E-state index in [2.05, 4.69) is 6.08 Å². The van der Waals surface area contributed by atoms with Crippen LogP contribution in [0, 0.1) is 5.92 Å². The maximum absolute atomic E-state index is 5.35. The largest absolute Gasteiger partial charge is 0.526 e. The molecular weight excluding hydrogens is 168 g/mol. The lowest BCUT2D eigenvalue weighted by Crippen LogP contribution is -2.12. The van der Waals surface area contributed by atoms with E-state index in [4.69, 9.17) is 8.85 Å². The van der Waals surface area contributed by atoms with Crippen molar-refractivity contribution in [2.45, 2.75) is 32.2 Å². The van der Waals surface area contributed by atoms with Crippen molar-refractivity contribution < 1.29 is 8.85 Å². The monoisotopic (exact) mass is 185 g/mol. The fourth-order valence-electron chi connectivity index (χ4n) is 1.44. The number of hydrogen-bond acceptors (Lipinski definition) is 2. The van der Waals surface area contributed by atoms with Gasteiger partial charge in [0.25, 0.3) is 0 Å². The van der Waals surface area contributed by atoms with Crippen LogP contribution in [0.15, 0.2) is 12.3 Å². The third kappa shape index (κ3) is 3.41. The van der Waals surface area contributed by atoms with Crippen LogP contribution in [0.2, 0.25) is 6.55 Å². The number of rotatable bonds is 4. The van der Waals surface area contributed by atoms with Crippen molar-refractivity contribution >= 4 is 9.28 Å². The van der Waals surface area contributed by atoms with Crippen molar-refractivity contribution in [2.24, 2.45) is 5.92 Å². The molecule has 0 bridgehead atoms. The van der Waals surface area contributed by atoms with Gasteiger partial charge >= 0.3 is 9.28 Å². The molecule has 1 saturated carbocycles. The van der Waals surface area contributed by atoms with E-state index in [1.165, 1.54) is 25.7 Å². The average molecular weight is 185 g/mol. The lowest BCUT2D eigenvalue weighted by molar-refractivity contribution is 0.312. The number of hydrogen-bond donors (Lipinski definition) is 0. The smallest absolute Gasteiger partial charge is 0.453 e. The van der Waals surface area contributed by atoms with E-state index >= 15 is 0 Å². The van der Waals surface area contributed by atoms with E-state index in [-0.39, 0.29) is 0 Å². The van der Waals surface area contributed by atoms with Crippen LogP contribution in [-0.2, 0) is 8.85 Å². The molecule has 0 amide bonds. The van der Waals surface area contributed by atoms with Gasteiger partial charge in [-0.25, -0.2) is 0 Å². The Morgan fingerprint density at radius 2 is 2.00 bits per heavy atom. The van der Waals surface area contributed by atoms with Gasteiger partial charge in [0.15, 0.2) is 0 Å². The van der Waals surface area contributed by atoms with Gasteiger partial charge in [-0.2, -0.15) is 0 Å². The Morgan fingerprint density at radius 3 is 2.58 bits per heavy atom. The van der Waals surface area contributed by atoms with Gasteiger partial charge < -0.3 is 8.85 Å². The van der Waals surface area contributed by atoms with E-state index < -0.39 is 9.28 Å². The first-order valence-electron chi connectivity index (χ1n) is 4.54. The molecule has 1 aliphatic carbocycles. The highest BCUT2D eigenvalue weighted by Crippen LogP contribution is 2.25. The van der Waals surface area contributed by atoms with Gasteiger partial charge in [-0.1, -0.05) is 12.8 Å². The molecule has 0 unspecified atom stereocenters. The Labute approximate surface area is 76.4 Å². The Kier molecular flexibility index (Phi) is 4.39. The summed E-state index contributed by atoms with van der Waals surface area (Å²) in [6.07, 6.45) is 9.43. The van der Waals surface area contributed by atoms with Gasteiger partial charge in [0, 0.05) is 7.11 Å². The molecule has 0 aliphatic heterocycles. The van der Waals surface area contributed by atoms with E-state index in [0.717, 1.165) is 5.92 Å². The SMILES string of the molecule is CO[Si](C)OC=CC1CCCC1. The van der Waals surface area contributed by atoms with Crippen molar-refractivity contribution in [1.29, 1.82) is 0 Å². The zero-order chi connectivity index (χ0) is 8.81. The topological polar surface area (TPSA) is 18.5 Å². The minimum absolute atomic E-state index is 0.761.